The summed E-state index contributed by atoms with van der Waals surface area (Å²) in [5.41, 5.74) is 3.07. The van der Waals surface area contributed by atoms with Crippen LogP contribution in [0.4, 0.5) is 0 Å². The monoisotopic (exact) mass is 985 g/mol. The van der Waals surface area contributed by atoms with E-state index in [-0.39, 0.29) is 46.9 Å². The van der Waals surface area contributed by atoms with Gasteiger partial charge >= 0.3 is 23.9 Å². The average Bonchev–Trinajstić information content (AvgIpc) is 3.93. The second kappa shape index (κ2) is 19.8. The van der Waals surface area contributed by atoms with Crippen LogP contribution in [0, 0.1) is 92.7 Å². The highest BCUT2D eigenvalue weighted by molar-refractivity contribution is 5.95. The summed E-state index contributed by atoms with van der Waals surface area (Å²) >= 11 is 0. The topological polar surface area (TPSA) is 105 Å². The van der Waals surface area contributed by atoms with Crippen molar-refractivity contribution in [3.63, 3.8) is 0 Å². The van der Waals surface area contributed by atoms with Gasteiger partial charge in [-0.25, -0.2) is 19.2 Å². The predicted octanol–water partition coefficient (Wildman–Crippen LogP) is 14.9. The SMILES string of the molecule is C[C@@H]1CCCOC(=O)c2ccc(cc2)C(=O)OCCC[C@@H](C)[C@H]2CC[C@H]3[C@@H]4CC[C@H]5C[C@@H](CC[C@]5(C)[C@H]4CC[C@]23C)OC(=O)c2cccc(c2)C(=O)O[C@@H]2CC[C@@]3(C)[C@@H](CC[C@@H]4[C@@H]3CC[C@]3(C)[C@@H]1CC[C@@H]43)C2. The third-order valence-electron chi connectivity index (χ3n) is 24.1. The first-order valence-corrected chi connectivity index (χ1v) is 29.6. The van der Waals surface area contributed by atoms with Crippen LogP contribution in [0.15, 0.2) is 48.5 Å². The molecule has 18 atom stereocenters. The van der Waals surface area contributed by atoms with E-state index in [1.807, 2.05) is 6.07 Å². The molecule has 16 aliphatic rings. The van der Waals surface area contributed by atoms with Crippen molar-refractivity contribution in [3.8, 4) is 0 Å². The van der Waals surface area contributed by atoms with Crippen molar-refractivity contribution in [3.05, 3.63) is 70.8 Å². The lowest BCUT2D eigenvalue weighted by molar-refractivity contribution is -0.130. The Bertz CT molecular complexity index is 2180. The molecule has 0 aromatic heterocycles. The molecule has 0 spiro atoms. The second-order valence-corrected chi connectivity index (χ2v) is 27.0. The molecule has 20 bridgehead atoms. The van der Waals surface area contributed by atoms with E-state index >= 15 is 0 Å². The van der Waals surface area contributed by atoms with Crippen LogP contribution in [0.1, 0.15) is 224 Å². The molecule has 18 rings (SSSR count). The molecule has 2 aromatic rings. The lowest BCUT2D eigenvalue weighted by Gasteiger charge is -2.61. The largest absolute Gasteiger partial charge is 0.462 e. The van der Waals surface area contributed by atoms with Gasteiger partial charge in [-0.2, -0.15) is 0 Å². The molecule has 8 fully saturated rings. The van der Waals surface area contributed by atoms with Crippen LogP contribution in [-0.2, 0) is 18.9 Å². The molecule has 72 heavy (non-hydrogen) atoms. The average molecular weight is 985 g/mol. The molecule has 0 N–H and O–H groups in total. The van der Waals surface area contributed by atoms with Gasteiger partial charge in [0.15, 0.2) is 0 Å². The van der Waals surface area contributed by atoms with Crippen molar-refractivity contribution < 1.29 is 38.1 Å². The zero-order valence-corrected chi connectivity index (χ0v) is 44.9. The summed E-state index contributed by atoms with van der Waals surface area (Å²) in [6.07, 6.45) is 24.8. The molecular formula is C64H88O8. The third kappa shape index (κ3) is 8.90. The minimum Gasteiger partial charge on any atom is -0.462 e. The van der Waals surface area contributed by atoms with Gasteiger partial charge in [0, 0.05) is 0 Å². The van der Waals surface area contributed by atoms with Gasteiger partial charge in [-0.3, -0.25) is 0 Å². The Morgan fingerprint density at radius 3 is 1.22 bits per heavy atom. The van der Waals surface area contributed by atoms with Crippen molar-refractivity contribution in [1.29, 1.82) is 0 Å². The summed E-state index contributed by atoms with van der Waals surface area (Å²) in [5.74, 6) is 6.78. The Morgan fingerprint density at radius 1 is 0.403 bits per heavy atom. The number of carbonyl (C=O) groups excluding carboxylic acids is 4. The first-order valence-electron chi connectivity index (χ1n) is 29.6. The first-order chi connectivity index (χ1) is 34.6. The van der Waals surface area contributed by atoms with Crippen LogP contribution < -0.4 is 0 Å². The van der Waals surface area contributed by atoms with E-state index in [0.29, 0.717) is 81.8 Å². The fourth-order valence-electron chi connectivity index (χ4n) is 20.3. The number of rotatable bonds is 0. The number of hydrogen-bond acceptors (Lipinski definition) is 8. The van der Waals surface area contributed by atoms with Crippen LogP contribution in [0.2, 0.25) is 0 Å². The summed E-state index contributed by atoms with van der Waals surface area (Å²) in [5, 5.41) is 0. The van der Waals surface area contributed by atoms with E-state index in [0.717, 1.165) is 99.7 Å². The van der Waals surface area contributed by atoms with Gasteiger partial charge < -0.3 is 18.9 Å². The number of benzene rings is 2. The summed E-state index contributed by atoms with van der Waals surface area (Å²) in [6, 6.07) is 13.9. The van der Waals surface area contributed by atoms with Crippen LogP contribution >= 0.6 is 0 Å². The van der Waals surface area contributed by atoms with Crippen molar-refractivity contribution in [2.75, 3.05) is 13.2 Å². The predicted molar refractivity (Wildman–Crippen MR) is 279 cm³/mol. The molecule has 8 aliphatic carbocycles. The quantitative estimate of drug-likeness (QED) is 0.190. The second-order valence-electron chi connectivity index (χ2n) is 27.0. The zero-order chi connectivity index (χ0) is 50.2. The van der Waals surface area contributed by atoms with Crippen LogP contribution in [0.5, 0.6) is 0 Å². The molecule has 8 aliphatic heterocycles. The van der Waals surface area contributed by atoms with Crippen LogP contribution in [0.3, 0.4) is 0 Å². The maximum absolute atomic E-state index is 13.9. The van der Waals surface area contributed by atoms with Gasteiger partial charge in [-0.05, 0) is 276 Å². The summed E-state index contributed by atoms with van der Waals surface area (Å²) in [6.45, 7) is 16.1. The van der Waals surface area contributed by atoms with E-state index in [9.17, 15) is 19.2 Å². The Hall–Kier alpha value is -3.68. The van der Waals surface area contributed by atoms with E-state index in [4.69, 9.17) is 18.9 Å². The van der Waals surface area contributed by atoms with Crippen LogP contribution in [0.25, 0.3) is 0 Å². The number of carbonyl (C=O) groups is 4. The Balaban J connectivity index is 0.773. The Morgan fingerprint density at radius 2 is 0.792 bits per heavy atom. The highest BCUT2D eigenvalue weighted by atomic mass is 16.6. The van der Waals surface area contributed by atoms with Crippen molar-refractivity contribution in [2.45, 2.75) is 195 Å². The molecule has 0 radical (unpaired) electrons. The maximum Gasteiger partial charge on any atom is 0.338 e. The van der Waals surface area contributed by atoms with Crippen LogP contribution in [-0.4, -0.2) is 49.3 Å². The fourth-order valence-corrected chi connectivity index (χ4v) is 20.3. The van der Waals surface area contributed by atoms with Crippen molar-refractivity contribution >= 4 is 23.9 Å². The fraction of sp³-hybridized carbons (Fsp3) is 0.750. The van der Waals surface area contributed by atoms with E-state index < -0.39 is 0 Å². The number of ether oxygens (including phenoxy) is 4. The normalized spacial score (nSPS) is 44.8. The van der Waals surface area contributed by atoms with E-state index in [1.165, 1.54) is 77.0 Å². The number of hydrogen-bond donors (Lipinski definition) is 0. The van der Waals surface area contributed by atoms with Gasteiger partial charge in [-0.15, -0.1) is 0 Å². The van der Waals surface area contributed by atoms with Gasteiger partial charge in [0.05, 0.1) is 35.5 Å². The van der Waals surface area contributed by atoms with Gasteiger partial charge in [0.1, 0.15) is 12.2 Å². The minimum atomic E-state index is -0.331. The number of esters is 4. The van der Waals surface area contributed by atoms with Crippen molar-refractivity contribution in [2.24, 2.45) is 92.7 Å². The molecule has 8 saturated carbocycles. The lowest BCUT2D eigenvalue weighted by Crippen LogP contribution is -2.54. The summed E-state index contributed by atoms with van der Waals surface area (Å²) in [7, 11) is 0. The zero-order valence-electron chi connectivity index (χ0n) is 44.9. The molecule has 0 saturated heterocycles. The maximum atomic E-state index is 13.9. The highest BCUT2D eigenvalue weighted by Crippen LogP contribution is 2.70. The molecular weight excluding hydrogens is 897 g/mol. The Kier molecular flexibility index (Phi) is 13.9. The lowest BCUT2D eigenvalue weighted by atomic mass is 9.44. The first kappa shape index (κ1) is 50.5. The smallest absolute Gasteiger partial charge is 0.338 e. The molecule has 0 amide bonds. The molecule has 392 valence electrons. The van der Waals surface area contributed by atoms with Gasteiger partial charge in [-0.1, -0.05) is 47.6 Å². The Labute approximate surface area is 432 Å². The van der Waals surface area contributed by atoms with Gasteiger partial charge in [0.25, 0.3) is 0 Å². The van der Waals surface area contributed by atoms with Crippen molar-refractivity contribution in [1.82, 2.24) is 0 Å². The molecule has 8 heteroatoms. The third-order valence-corrected chi connectivity index (χ3v) is 24.1. The molecule has 0 unspecified atom stereocenters. The van der Waals surface area contributed by atoms with E-state index in [1.54, 1.807) is 42.5 Å². The highest BCUT2D eigenvalue weighted by Gasteiger charge is 2.62. The molecule has 2 aromatic carbocycles. The summed E-state index contributed by atoms with van der Waals surface area (Å²) in [4.78, 5) is 54.0. The van der Waals surface area contributed by atoms with E-state index in [2.05, 4.69) is 41.5 Å². The van der Waals surface area contributed by atoms with Gasteiger partial charge in [0.2, 0.25) is 0 Å². The standard InChI is InChI=1S/C64H88O8/c1-39-10-8-34-69-57(65)41-14-16-42(17-15-41)58(66)70-35-9-11-40(2)52-23-25-54-50-21-19-46-38-48(27-31-62(46,4)56(50)29-33-64(52,54)6)72-60(68)44-13-7-12-43(36-44)59(67)71-47-26-30-61(3)45(37-47)18-20-49-53-24-22-51(39)63(53,5)32-28-55(49)61/h7,12-17,36,39-40,45-56H,8-11,18-35,37-38H2,1-6H3/t39-,40-,45+,46+,47-,48-,49+,50+,51-,52-,53+,54+,55+,56+,61+,62+,63-,64-/m1/s1. The molecule has 8 heterocycles. The minimum absolute atomic E-state index is 0.0957. The summed E-state index contributed by atoms with van der Waals surface area (Å²) < 4.78 is 24.3. The molecule has 8 nitrogen and oxygen atoms in total.